The predicted molar refractivity (Wildman–Crippen MR) is 96.8 cm³/mol. The van der Waals surface area contributed by atoms with E-state index in [0.717, 1.165) is 5.69 Å². The van der Waals surface area contributed by atoms with Crippen LogP contribution in [0, 0.1) is 17.3 Å². The molecule has 1 aromatic heterocycles. The SMILES string of the molecule is CC(C)C(=O)C(C)(C)N[C@@H](Cc1cnc[nH]1)C(=O)C(C)(C)C(C)C. The molecule has 1 atom stereocenters. The van der Waals surface area contributed by atoms with Crippen LogP contribution in [0.25, 0.3) is 0 Å². The number of aromatic nitrogens is 2. The number of H-pyrrole nitrogens is 1. The summed E-state index contributed by atoms with van der Waals surface area (Å²) in [6.45, 7) is 15.5. The number of imidazole rings is 1. The number of nitrogens with one attached hydrogen (secondary N) is 2. The Hall–Kier alpha value is -1.49. The maximum Gasteiger partial charge on any atom is 0.155 e. The van der Waals surface area contributed by atoms with Crippen molar-refractivity contribution in [3.8, 4) is 0 Å². The summed E-state index contributed by atoms with van der Waals surface area (Å²) in [5.41, 5.74) is -0.357. The summed E-state index contributed by atoms with van der Waals surface area (Å²) in [5.74, 6) is 0.345. The molecule has 1 aromatic rings. The summed E-state index contributed by atoms with van der Waals surface area (Å²) in [7, 11) is 0. The Labute approximate surface area is 146 Å². The van der Waals surface area contributed by atoms with Gasteiger partial charge >= 0.3 is 0 Å². The van der Waals surface area contributed by atoms with E-state index in [9.17, 15) is 9.59 Å². The molecule has 1 rings (SSSR count). The van der Waals surface area contributed by atoms with Crippen LogP contribution in [0.4, 0.5) is 0 Å². The number of hydrogen-bond acceptors (Lipinski definition) is 4. The third kappa shape index (κ3) is 4.76. The maximum absolute atomic E-state index is 13.2. The molecule has 136 valence electrons. The van der Waals surface area contributed by atoms with Crippen molar-refractivity contribution in [3.63, 3.8) is 0 Å². The van der Waals surface area contributed by atoms with E-state index in [1.54, 1.807) is 12.5 Å². The van der Waals surface area contributed by atoms with Gasteiger partial charge in [0.15, 0.2) is 11.6 Å². The zero-order valence-electron chi connectivity index (χ0n) is 16.4. The zero-order chi connectivity index (χ0) is 18.7. The molecule has 0 radical (unpaired) electrons. The van der Waals surface area contributed by atoms with Crippen LogP contribution in [0.15, 0.2) is 12.5 Å². The highest BCUT2D eigenvalue weighted by Gasteiger charge is 2.40. The molecule has 0 aliphatic heterocycles. The Balaban J connectivity index is 3.10. The molecule has 5 nitrogen and oxygen atoms in total. The second-order valence-electron chi connectivity index (χ2n) is 8.36. The van der Waals surface area contributed by atoms with Gasteiger partial charge in [0.2, 0.25) is 0 Å². The number of Topliss-reactive ketones (excluding diaryl/α,β-unsaturated/α-hetero) is 2. The summed E-state index contributed by atoms with van der Waals surface area (Å²) >= 11 is 0. The van der Waals surface area contributed by atoms with Gasteiger partial charge in [-0.25, -0.2) is 4.98 Å². The maximum atomic E-state index is 13.2. The Bertz CT molecular complexity index is 557. The van der Waals surface area contributed by atoms with Crippen LogP contribution in [0.3, 0.4) is 0 Å². The minimum absolute atomic E-state index is 0.0893. The topological polar surface area (TPSA) is 74.8 Å². The van der Waals surface area contributed by atoms with E-state index >= 15 is 0 Å². The molecule has 0 aliphatic carbocycles. The normalized spacial score (nSPS) is 14.2. The van der Waals surface area contributed by atoms with Crippen LogP contribution < -0.4 is 5.32 Å². The molecule has 0 spiro atoms. The fourth-order valence-electron chi connectivity index (χ4n) is 2.79. The fourth-order valence-corrected chi connectivity index (χ4v) is 2.79. The minimum atomic E-state index is -0.762. The number of nitrogens with zero attached hydrogens (tertiary/aromatic N) is 1. The van der Waals surface area contributed by atoms with Crippen molar-refractivity contribution >= 4 is 11.6 Å². The van der Waals surface area contributed by atoms with Crippen molar-refractivity contribution in [2.45, 2.75) is 73.4 Å². The highest BCUT2D eigenvalue weighted by molar-refractivity contribution is 5.93. The summed E-state index contributed by atoms with van der Waals surface area (Å²) < 4.78 is 0. The largest absolute Gasteiger partial charge is 0.348 e. The number of aromatic amines is 1. The van der Waals surface area contributed by atoms with Crippen LogP contribution in [0.1, 0.15) is 61.1 Å². The number of hydrogen-bond donors (Lipinski definition) is 2. The van der Waals surface area contributed by atoms with Crippen LogP contribution in [-0.4, -0.2) is 33.1 Å². The van der Waals surface area contributed by atoms with Gasteiger partial charge in [-0.15, -0.1) is 0 Å². The Morgan fingerprint density at radius 1 is 1.12 bits per heavy atom. The van der Waals surface area contributed by atoms with Crippen molar-refractivity contribution in [2.75, 3.05) is 0 Å². The number of carbonyl (C=O) groups is 2. The minimum Gasteiger partial charge on any atom is -0.348 e. The first-order valence-corrected chi connectivity index (χ1v) is 8.73. The Morgan fingerprint density at radius 3 is 2.12 bits per heavy atom. The van der Waals surface area contributed by atoms with Crippen LogP contribution in [0.2, 0.25) is 0 Å². The second-order valence-corrected chi connectivity index (χ2v) is 8.36. The molecule has 5 heteroatoms. The molecule has 0 fully saturated rings. The Morgan fingerprint density at radius 2 is 1.71 bits per heavy atom. The molecule has 0 aromatic carbocycles. The standard InChI is InChI=1S/C19H33N3O2/c1-12(2)16(23)19(7,8)22-15(9-14-10-20-11-21-14)17(24)18(5,6)13(3)4/h10-13,15,22H,9H2,1-8H3,(H,20,21)/t15-/m0/s1. The monoisotopic (exact) mass is 335 g/mol. The van der Waals surface area contributed by atoms with Crippen molar-refractivity contribution in [1.29, 1.82) is 0 Å². The van der Waals surface area contributed by atoms with E-state index < -0.39 is 17.0 Å². The van der Waals surface area contributed by atoms with E-state index in [2.05, 4.69) is 29.1 Å². The van der Waals surface area contributed by atoms with Gasteiger partial charge in [0, 0.05) is 29.6 Å². The first-order valence-electron chi connectivity index (χ1n) is 8.73. The van der Waals surface area contributed by atoms with Gasteiger partial charge in [0.25, 0.3) is 0 Å². The number of rotatable bonds is 9. The molecule has 2 N–H and O–H groups in total. The van der Waals surface area contributed by atoms with E-state index in [-0.39, 0.29) is 23.4 Å². The molecule has 24 heavy (non-hydrogen) atoms. The van der Waals surface area contributed by atoms with Gasteiger partial charge in [0.05, 0.1) is 17.9 Å². The Kier molecular flexibility index (Phi) is 6.51. The van der Waals surface area contributed by atoms with Gasteiger partial charge in [-0.05, 0) is 19.8 Å². The van der Waals surface area contributed by atoms with E-state index in [0.29, 0.717) is 6.42 Å². The zero-order valence-corrected chi connectivity index (χ0v) is 16.4. The smallest absolute Gasteiger partial charge is 0.155 e. The molecule has 0 aliphatic rings. The van der Waals surface area contributed by atoms with Crippen molar-refractivity contribution in [3.05, 3.63) is 18.2 Å². The lowest BCUT2D eigenvalue weighted by molar-refractivity contribution is -0.133. The van der Waals surface area contributed by atoms with Gasteiger partial charge in [-0.3, -0.25) is 14.9 Å². The fraction of sp³-hybridized carbons (Fsp3) is 0.737. The molecule has 0 unspecified atom stereocenters. The molecule has 0 bridgehead atoms. The number of ketones is 2. The summed E-state index contributed by atoms with van der Waals surface area (Å²) in [4.78, 5) is 32.8. The molecule has 0 saturated carbocycles. The molecular weight excluding hydrogens is 302 g/mol. The molecule has 0 saturated heterocycles. The van der Waals surface area contributed by atoms with Crippen LogP contribution in [-0.2, 0) is 16.0 Å². The molecule has 0 amide bonds. The first kappa shape index (κ1) is 20.6. The average molecular weight is 335 g/mol. The van der Waals surface area contributed by atoms with Gasteiger partial charge in [-0.1, -0.05) is 41.5 Å². The molecule has 1 heterocycles. The van der Waals surface area contributed by atoms with Crippen molar-refractivity contribution in [2.24, 2.45) is 17.3 Å². The van der Waals surface area contributed by atoms with Crippen LogP contribution in [0.5, 0.6) is 0 Å². The number of carbonyl (C=O) groups excluding carboxylic acids is 2. The highest BCUT2D eigenvalue weighted by Crippen LogP contribution is 2.30. The lowest BCUT2D eigenvalue weighted by Gasteiger charge is -2.36. The quantitative estimate of drug-likeness (QED) is 0.727. The van der Waals surface area contributed by atoms with Crippen LogP contribution >= 0.6 is 0 Å². The van der Waals surface area contributed by atoms with Crippen molar-refractivity contribution in [1.82, 2.24) is 15.3 Å². The lowest BCUT2D eigenvalue weighted by Crippen LogP contribution is -2.58. The predicted octanol–water partition coefficient (Wildman–Crippen LogP) is 3.17. The highest BCUT2D eigenvalue weighted by atomic mass is 16.1. The van der Waals surface area contributed by atoms with E-state index in [4.69, 9.17) is 0 Å². The van der Waals surface area contributed by atoms with E-state index in [1.807, 2.05) is 41.5 Å². The van der Waals surface area contributed by atoms with Gasteiger partial charge in [0.1, 0.15) is 0 Å². The lowest BCUT2D eigenvalue weighted by atomic mass is 9.73. The first-order chi connectivity index (χ1) is 10.9. The summed E-state index contributed by atoms with van der Waals surface area (Å²) in [6, 6.07) is -0.444. The molecular formula is C19H33N3O2. The van der Waals surface area contributed by atoms with Gasteiger partial charge in [-0.2, -0.15) is 0 Å². The third-order valence-electron chi connectivity index (χ3n) is 5.05. The third-order valence-corrected chi connectivity index (χ3v) is 5.05. The summed E-state index contributed by atoms with van der Waals surface area (Å²) in [5, 5.41) is 3.33. The van der Waals surface area contributed by atoms with E-state index in [1.165, 1.54) is 0 Å². The second kappa shape index (κ2) is 7.60. The average Bonchev–Trinajstić information content (AvgIpc) is 2.97. The summed E-state index contributed by atoms with van der Waals surface area (Å²) in [6.07, 6.45) is 3.82. The van der Waals surface area contributed by atoms with Crippen molar-refractivity contribution < 1.29 is 9.59 Å². The van der Waals surface area contributed by atoms with Gasteiger partial charge < -0.3 is 4.98 Å².